The van der Waals surface area contributed by atoms with Gasteiger partial charge in [-0.05, 0) is 25.1 Å². The number of carbonyl (C=O) groups excluding carboxylic acids is 3. The fraction of sp³-hybridized carbons (Fsp3) is 0.654. The third-order valence-electron chi connectivity index (χ3n) is 6.83. The SMILES string of the molecule is CCC(=O)Nc1ccc2c(c1)C(=O)N(C)C[C@@H](OC)[C@@H](C)CN(C(=O)CN1CCOCC1)[C@@H](C)CO2. The Kier molecular flexibility index (Phi) is 10.1. The van der Waals surface area contributed by atoms with Crippen molar-refractivity contribution in [3.8, 4) is 5.75 Å². The molecule has 200 valence electrons. The summed E-state index contributed by atoms with van der Waals surface area (Å²) in [6, 6.07) is 4.84. The van der Waals surface area contributed by atoms with Gasteiger partial charge in [-0.15, -0.1) is 0 Å². The highest BCUT2D eigenvalue weighted by molar-refractivity contribution is 5.99. The molecule has 2 aliphatic heterocycles. The minimum Gasteiger partial charge on any atom is -0.491 e. The molecule has 10 heteroatoms. The van der Waals surface area contributed by atoms with Gasteiger partial charge in [-0.1, -0.05) is 13.8 Å². The number of amides is 3. The van der Waals surface area contributed by atoms with E-state index in [1.54, 1.807) is 44.2 Å². The summed E-state index contributed by atoms with van der Waals surface area (Å²) in [6.07, 6.45) is 0.0670. The Morgan fingerprint density at radius 3 is 2.56 bits per heavy atom. The maximum absolute atomic E-state index is 13.4. The van der Waals surface area contributed by atoms with Gasteiger partial charge in [0.25, 0.3) is 5.91 Å². The Balaban J connectivity index is 1.89. The Morgan fingerprint density at radius 2 is 1.89 bits per heavy atom. The number of ether oxygens (including phenoxy) is 3. The molecule has 3 atom stereocenters. The Labute approximate surface area is 213 Å². The van der Waals surface area contributed by atoms with E-state index in [1.807, 2.05) is 18.7 Å². The lowest BCUT2D eigenvalue weighted by Crippen LogP contribution is -2.52. The van der Waals surface area contributed by atoms with Crippen LogP contribution in [0.5, 0.6) is 5.75 Å². The highest BCUT2D eigenvalue weighted by Gasteiger charge is 2.31. The van der Waals surface area contributed by atoms with E-state index in [9.17, 15) is 14.4 Å². The first kappa shape index (κ1) is 27.9. The molecule has 1 aromatic carbocycles. The summed E-state index contributed by atoms with van der Waals surface area (Å²) in [7, 11) is 3.35. The smallest absolute Gasteiger partial charge is 0.257 e. The Bertz CT molecular complexity index is 920. The van der Waals surface area contributed by atoms with Crippen LogP contribution in [0.15, 0.2) is 18.2 Å². The van der Waals surface area contributed by atoms with Gasteiger partial charge in [-0.2, -0.15) is 0 Å². The number of nitrogens with zero attached hydrogens (tertiary/aromatic N) is 3. The molecule has 0 aliphatic carbocycles. The molecule has 1 N–H and O–H groups in total. The Hall–Kier alpha value is -2.69. The standard InChI is InChI=1S/C26H40N4O6/c1-6-24(31)27-20-7-8-22-21(13-20)26(33)28(4)15-23(34-5)18(2)14-30(19(3)17-36-22)25(32)16-29-9-11-35-12-10-29/h7-8,13,18-19,23H,6,9-12,14-17H2,1-5H3,(H,27,31)/t18-,19-,23+/m0/s1. The molecule has 3 rings (SSSR count). The van der Waals surface area contributed by atoms with Crippen LogP contribution in [0.4, 0.5) is 5.69 Å². The van der Waals surface area contributed by atoms with Crippen LogP contribution in [0, 0.1) is 5.92 Å². The van der Waals surface area contributed by atoms with Gasteiger partial charge >= 0.3 is 0 Å². The number of morpholine rings is 1. The van der Waals surface area contributed by atoms with Crippen molar-refractivity contribution < 1.29 is 28.6 Å². The Morgan fingerprint density at radius 1 is 1.17 bits per heavy atom. The molecule has 1 saturated heterocycles. The maximum Gasteiger partial charge on any atom is 0.257 e. The molecule has 1 fully saturated rings. The van der Waals surface area contributed by atoms with Crippen LogP contribution in [-0.4, -0.2) is 111 Å². The van der Waals surface area contributed by atoms with E-state index in [2.05, 4.69) is 10.2 Å². The number of rotatable bonds is 5. The van der Waals surface area contributed by atoms with Crippen molar-refractivity contribution >= 4 is 23.4 Å². The number of anilines is 1. The topological polar surface area (TPSA) is 101 Å². The molecular weight excluding hydrogens is 464 g/mol. The minimum atomic E-state index is -0.267. The zero-order chi connectivity index (χ0) is 26.2. The van der Waals surface area contributed by atoms with Crippen molar-refractivity contribution in [2.24, 2.45) is 5.92 Å². The number of carbonyl (C=O) groups is 3. The first-order valence-corrected chi connectivity index (χ1v) is 12.7. The normalized spacial score (nSPS) is 24.2. The van der Waals surface area contributed by atoms with E-state index in [0.29, 0.717) is 56.3 Å². The monoisotopic (exact) mass is 504 g/mol. The number of benzene rings is 1. The third-order valence-corrected chi connectivity index (χ3v) is 6.83. The molecule has 10 nitrogen and oxygen atoms in total. The van der Waals surface area contributed by atoms with Crippen molar-refractivity contribution in [1.82, 2.24) is 14.7 Å². The van der Waals surface area contributed by atoms with E-state index in [0.717, 1.165) is 13.1 Å². The summed E-state index contributed by atoms with van der Waals surface area (Å²) >= 11 is 0. The second kappa shape index (κ2) is 13.0. The highest BCUT2D eigenvalue weighted by Crippen LogP contribution is 2.26. The van der Waals surface area contributed by atoms with Crippen molar-refractivity contribution in [1.29, 1.82) is 0 Å². The van der Waals surface area contributed by atoms with E-state index in [1.165, 1.54) is 0 Å². The van der Waals surface area contributed by atoms with E-state index in [4.69, 9.17) is 14.2 Å². The largest absolute Gasteiger partial charge is 0.491 e. The molecule has 0 radical (unpaired) electrons. The fourth-order valence-electron chi connectivity index (χ4n) is 4.49. The first-order chi connectivity index (χ1) is 17.2. The lowest BCUT2D eigenvalue weighted by Gasteiger charge is -2.37. The van der Waals surface area contributed by atoms with Gasteiger partial charge in [0.1, 0.15) is 12.4 Å². The number of hydrogen-bond acceptors (Lipinski definition) is 7. The van der Waals surface area contributed by atoms with Gasteiger partial charge in [0.15, 0.2) is 0 Å². The second-order valence-electron chi connectivity index (χ2n) is 9.64. The number of fused-ring (bicyclic) bond motifs is 1. The molecule has 2 aliphatic rings. The van der Waals surface area contributed by atoms with Crippen LogP contribution in [0.2, 0.25) is 0 Å². The molecule has 0 saturated carbocycles. The minimum absolute atomic E-state index is 0.0181. The zero-order valence-electron chi connectivity index (χ0n) is 22.1. The van der Waals surface area contributed by atoms with E-state index in [-0.39, 0.29) is 42.4 Å². The van der Waals surface area contributed by atoms with Crippen LogP contribution in [0.25, 0.3) is 0 Å². The number of likely N-dealkylation sites (N-methyl/N-ethyl adjacent to an activating group) is 1. The number of methoxy groups -OCH3 is 1. The van der Waals surface area contributed by atoms with Gasteiger partial charge in [-0.25, -0.2) is 0 Å². The number of nitrogens with one attached hydrogen (secondary N) is 1. The quantitative estimate of drug-likeness (QED) is 0.651. The summed E-state index contributed by atoms with van der Waals surface area (Å²) in [6.45, 7) is 9.88. The summed E-state index contributed by atoms with van der Waals surface area (Å²) in [5, 5.41) is 2.80. The van der Waals surface area contributed by atoms with Crippen molar-refractivity contribution in [2.75, 3.05) is 72.0 Å². The fourth-order valence-corrected chi connectivity index (χ4v) is 4.49. The lowest BCUT2D eigenvalue weighted by atomic mass is 10.0. The molecule has 0 unspecified atom stereocenters. The molecule has 0 aromatic heterocycles. The van der Waals surface area contributed by atoms with Crippen LogP contribution in [-0.2, 0) is 19.1 Å². The van der Waals surface area contributed by atoms with Crippen LogP contribution in [0.1, 0.15) is 37.6 Å². The van der Waals surface area contributed by atoms with Gasteiger partial charge in [0.2, 0.25) is 11.8 Å². The van der Waals surface area contributed by atoms with E-state index >= 15 is 0 Å². The summed E-state index contributed by atoms with van der Waals surface area (Å²) in [4.78, 5) is 44.3. The summed E-state index contributed by atoms with van der Waals surface area (Å²) in [5.74, 6) is 0.0716. The first-order valence-electron chi connectivity index (χ1n) is 12.7. The van der Waals surface area contributed by atoms with Crippen LogP contribution in [0.3, 0.4) is 0 Å². The molecule has 2 heterocycles. The zero-order valence-corrected chi connectivity index (χ0v) is 22.1. The van der Waals surface area contributed by atoms with Crippen LogP contribution >= 0.6 is 0 Å². The van der Waals surface area contributed by atoms with Crippen molar-refractivity contribution in [3.05, 3.63) is 23.8 Å². The molecule has 1 aromatic rings. The molecule has 36 heavy (non-hydrogen) atoms. The maximum atomic E-state index is 13.4. The molecular formula is C26H40N4O6. The average Bonchev–Trinajstić information content (AvgIpc) is 2.88. The molecule has 0 spiro atoms. The third kappa shape index (κ3) is 7.18. The van der Waals surface area contributed by atoms with Crippen molar-refractivity contribution in [2.45, 2.75) is 39.3 Å². The molecule has 3 amide bonds. The predicted molar refractivity (Wildman–Crippen MR) is 136 cm³/mol. The number of hydrogen-bond donors (Lipinski definition) is 1. The molecule has 0 bridgehead atoms. The average molecular weight is 505 g/mol. The lowest BCUT2D eigenvalue weighted by molar-refractivity contribution is -0.137. The van der Waals surface area contributed by atoms with Crippen LogP contribution < -0.4 is 10.1 Å². The van der Waals surface area contributed by atoms with Gasteiger partial charge in [0, 0.05) is 58.4 Å². The summed E-state index contributed by atoms with van der Waals surface area (Å²) in [5.41, 5.74) is 0.887. The van der Waals surface area contributed by atoms with Gasteiger partial charge in [0.05, 0.1) is 37.5 Å². The summed E-state index contributed by atoms with van der Waals surface area (Å²) < 4.78 is 17.3. The highest BCUT2D eigenvalue weighted by atomic mass is 16.5. The predicted octanol–water partition coefficient (Wildman–Crippen LogP) is 1.70. The van der Waals surface area contributed by atoms with Crippen molar-refractivity contribution in [3.63, 3.8) is 0 Å². The second-order valence-corrected chi connectivity index (χ2v) is 9.64. The van der Waals surface area contributed by atoms with Gasteiger partial charge < -0.3 is 29.3 Å². The van der Waals surface area contributed by atoms with E-state index < -0.39 is 0 Å². The van der Waals surface area contributed by atoms with Gasteiger partial charge in [-0.3, -0.25) is 19.3 Å².